The van der Waals surface area contributed by atoms with Crippen LogP contribution in [0, 0.1) is 11.7 Å². The molecule has 6 rings (SSSR count). The zero-order valence-corrected chi connectivity index (χ0v) is 25.1. The first-order valence-corrected chi connectivity index (χ1v) is 15.3. The first-order valence-electron chi connectivity index (χ1n) is 14.9. The van der Waals surface area contributed by atoms with Gasteiger partial charge in [-0.25, -0.2) is 13.8 Å². The molecule has 2 bridgehead atoms. The normalized spacial score (nSPS) is 22.0. The number of carbonyl (C=O) groups is 3. The second-order valence-corrected chi connectivity index (χ2v) is 12.3. The number of amides is 3. The van der Waals surface area contributed by atoms with Crippen LogP contribution < -0.4 is 20.9 Å². The fourth-order valence-electron chi connectivity index (χ4n) is 6.39. The minimum atomic E-state index is -1.19. The summed E-state index contributed by atoms with van der Waals surface area (Å²) in [7, 11) is 0. The molecule has 3 aromatic rings. The van der Waals surface area contributed by atoms with E-state index in [1.54, 1.807) is 24.3 Å². The van der Waals surface area contributed by atoms with Gasteiger partial charge in [-0.3, -0.25) is 23.7 Å². The fraction of sp³-hybridized carbons (Fsp3) is 0.406. The molecule has 2 N–H and O–H groups in total. The van der Waals surface area contributed by atoms with Crippen LogP contribution in [0.2, 0.25) is 5.02 Å². The van der Waals surface area contributed by atoms with Crippen molar-refractivity contribution in [2.75, 3.05) is 13.1 Å². The lowest BCUT2D eigenvalue weighted by Crippen LogP contribution is -2.53. The van der Waals surface area contributed by atoms with Crippen LogP contribution in [0.1, 0.15) is 59.5 Å². The van der Waals surface area contributed by atoms with Gasteiger partial charge in [0, 0.05) is 24.7 Å². The molecular weight excluding hydrogens is 608 g/mol. The lowest BCUT2D eigenvalue weighted by Gasteiger charge is -2.32. The number of aromatic nitrogens is 2. The topological polar surface area (TPSA) is 123 Å². The standard InChI is InChI=1S/C32H32ClF2N5O5/c33-22-5-1-21(2-6-22)18-45-26-25(27(41)36-16-20-3-7-23(34)8-4-20)37-31-32(12-9-19(15-32)10-14-40(31)29(26)43)38-28(42)30(44)39-13-11-24(35)17-39/h1-8,19,24H,9-18H2,(H,36,41)(H,38,42)/t19-,24+,32+/m0/s1. The number of hydrogen-bond acceptors (Lipinski definition) is 6. The van der Waals surface area contributed by atoms with Crippen molar-refractivity contribution in [3.8, 4) is 5.75 Å². The van der Waals surface area contributed by atoms with Gasteiger partial charge in [0.1, 0.15) is 24.4 Å². The predicted molar refractivity (Wildman–Crippen MR) is 160 cm³/mol. The Morgan fingerprint density at radius 1 is 1.02 bits per heavy atom. The van der Waals surface area contributed by atoms with Crippen LogP contribution in [0.4, 0.5) is 8.78 Å². The maximum Gasteiger partial charge on any atom is 0.312 e. The third-order valence-corrected chi connectivity index (χ3v) is 9.03. The van der Waals surface area contributed by atoms with Gasteiger partial charge in [-0.2, -0.15) is 0 Å². The van der Waals surface area contributed by atoms with Crippen LogP contribution in [-0.2, 0) is 34.8 Å². The Bertz CT molecular complexity index is 1680. The summed E-state index contributed by atoms with van der Waals surface area (Å²) in [4.78, 5) is 59.9. The van der Waals surface area contributed by atoms with Crippen molar-refractivity contribution in [3.63, 3.8) is 0 Å². The Hall–Kier alpha value is -4.32. The highest BCUT2D eigenvalue weighted by molar-refractivity contribution is 6.35. The molecule has 0 spiro atoms. The number of carbonyl (C=O) groups excluding carboxylic acids is 3. The number of fused-ring (bicyclic) bond motifs is 4. The van der Waals surface area contributed by atoms with Crippen LogP contribution in [-0.4, -0.2) is 51.4 Å². The van der Waals surface area contributed by atoms with Crippen LogP contribution in [0.25, 0.3) is 0 Å². The summed E-state index contributed by atoms with van der Waals surface area (Å²) in [5.41, 5.74) is -0.725. The fourth-order valence-corrected chi connectivity index (χ4v) is 6.52. The van der Waals surface area contributed by atoms with Crippen molar-refractivity contribution < 1.29 is 27.9 Å². The molecular formula is C32H32ClF2N5O5. The first kappa shape index (κ1) is 30.7. The van der Waals surface area contributed by atoms with Gasteiger partial charge in [0.2, 0.25) is 5.75 Å². The molecule has 2 aliphatic heterocycles. The molecule has 10 nitrogen and oxygen atoms in total. The van der Waals surface area contributed by atoms with E-state index >= 15 is 0 Å². The molecule has 45 heavy (non-hydrogen) atoms. The average molecular weight is 640 g/mol. The summed E-state index contributed by atoms with van der Waals surface area (Å²) in [5, 5.41) is 6.12. The minimum Gasteiger partial charge on any atom is -0.481 e. The number of nitrogens with one attached hydrogen (secondary N) is 2. The molecule has 1 aromatic heterocycles. The number of halogens is 3. The van der Waals surface area contributed by atoms with Gasteiger partial charge in [-0.05, 0) is 73.4 Å². The number of hydrogen-bond donors (Lipinski definition) is 2. The smallest absolute Gasteiger partial charge is 0.312 e. The van der Waals surface area contributed by atoms with Gasteiger partial charge in [-0.1, -0.05) is 35.9 Å². The van der Waals surface area contributed by atoms with E-state index in [0.29, 0.717) is 35.4 Å². The Morgan fingerprint density at radius 2 is 1.76 bits per heavy atom. The molecule has 3 amide bonds. The van der Waals surface area contributed by atoms with E-state index in [1.807, 2.05) is 0 Å². The van der Waals surface area contributed by atoms with Gasteiger partial charge in [-0.15, -0.1) is 0 Å². The molecule has 13 heteroatoms. The first-order chi connectivity index (χ1) is 21.6. The summed E-state index contributed by atoms with van der Waals surface area (Å²) in [5.74, 6) is -2.82. The highest BCUT2D eigenvalue weighted by Gasteiger charge is 2.49. The number of nitrogens with zero attached hydrogens (tertiary/aromatic N) is 3. The van der Waals surface area contributed by atoms with Crippen molar-refractivity contribution in [3.05, 3.63) is 92.4 Å². The Labute approximate surface area is 262 Å². The second kappa shape index (κ2) is 12.6. The zero-order chi connectivity index (χ0) is 31.7. The lowest BCUT2D eigenvalue weighted by molar-refractivity contribution is -0.146. The Balaban J connectivity index is 1.36. The molecule has 1 saturated carbocycles. The number of alkyl halides is 1. The molecule has 0 unspecified atom stereocenters. The summed E-state index contributed by atoms with van der Waals surface area (Å²) in [6.45, 7) is 0.254. The monoisotopic (exact) mass is 639 g/mol. The molecule has 2 aromatic carbocycles. The molecule has 3 aliphatic rings. The summed E-state index contributed by atoms with van der Waals surface area (Å²) in [6.07, 6.45) is 1.16. The van der Waals surface area contributed by atoms with E-state index in [4.69, 9.17) is 21.3 Å². The van der Waals surface area contributed by atoms with Crippen molar-refractivity contribution in [1.82, 2.24) is 25.1 Å². The van der Waals surface area contributed by atoms with E-state index in [2.05, 4.69) is 10.6 Å². The maximum absolute atomic E-state index is 14.1. The number of ether oxygens (including phenoxy) is 1. The molecule has 3 heterocycles. The molecule has 236 valence electrons. The highest BCUT2D eigenvalue weighted by atomic mass is 35.5. The largest absolute Gasteiger partial charge is 0.481 e. The van der Waals surface area contributed by atoms with E-state index in [9.17, 15) is 28.0 Å². The Morgan fingerprint density at radius 3 is 2.47 bits per heavy atom. The van der Waals surface area contributed by atoms with Crippen molar-refractivity contribution in [2.45, 2.75) is 63.5 Å². The van der Waals surface area contributed by atoms with Crippen LogP contribution in [0.15, 0.2) is 53.3 Å². The van der Waals surface area contributed by atoms with E-state index in [-0.39, 0.29) is 62.4 Å². The number of likely N-dealkylation sites (tertiary alicyclic amines) is 1. The lowest BCUT2D eigenvalue weighted by atomic mass is 9.94. The SMILES string of the molecule is O=C(N[C@@]12CC[C@@H](CCn3c1nc(C(=O)NCc1ccc(F)cc1)c(OCc1ccc(Cl)cc1)c3=O)C2)C(=O)N1CC[C@@H](F)C1. The van der Waals surface area contributed by atoms with Gasteiger partial charge in [0.25, 0.3) is 11.5 Å². The summed E-state index contributed by atoms with van der Waals surface area (Å²) in [6, 6.07) is 12.4. The Kier molecular flexibility index (Phi) is 8.59. The number of benzene rings is 2. The van der Waals surface area contributed by atoms with Crippen molar-refractivity contribution in [2.24, 2.45) is 5.92 Å². The van der Waals surface area contributed by atoms with Crippen LogP contribution >= 0.6 is 11.6 Å². The summed E-state index contributed by atoms with van der Waals surface area (Å²) < 4.78 is 34.6. The minimum absolute atomic E-state index is 0.0275. The van der Waals surface area contributed by atoms with Gasteiger partial charge in [0.05, 0.1) is 12.1 Å². The van der Waals surface area contributed by atoms with Crippen LogP contribution in [0.5, 0.6) is 5.75 Å². The second-order valence-electron chi connectivity index (χ2n) is 11.9. The van der Waals surface area contributed by atoms with Gasteiger partial charge in [0.15, 0.2) is 5.69 Å². The number of rotatable bonds is 7. The van der Waals surface area contributed by atoms with E-state index in [0.717, 1.165) is 6.42 Å². The third kappa shape index (κ3) is 6.42. The van der Waals surface area contributed by atoms with Crippen molar-refractivity contribution in [1.29, 1.82) is 0 Å². The summed E-state index contributed by atoms with van der Waals surface area (Å²) >= 11 is 6.00. The molecule has 2 fully saturated rings. The molecule has 1 aliphatic carbocycles. The predicted octanol–water partition coefficient (Wildman–Crippen LogP) is 3.63. The van der Waals surface area contributed by atoms with Crippen LogP contribution in [0.3, 0.4) is 0 Å². The molecule has 0 radical (unpaired) electrons. The zero-order valence-electron chi connectivity index (χ0n) is 24.4. The maximum atomic E-state index is 14.1. The third-order valence-electron chi connectivity index (χ3n) is 8.78. The molecule has 3 atom stereocenters. The molecule has 1 saturated heterocycles. The van der Waals surface area contributed by atoms with Gasteiger partial charge >= 0.3 is 11.8 Å². The van der Waals surface area contributed by atoms with Gasteiger partial charge < -0.3 is 20.3 Å². The highest BCUT2D eigenvalue weighted by Crippen LogP contribution is 2.45. The quantitative estimate of drug-likeness (QED) is 0.381. The van der Waals surface area contributed by atoms with E-state index < -0.39 is 40.8 Å². The average Bonchev–Trinajstić information content (AvgIpc) is 3.61. The van der Waals surface area contributed by atoms with Crippen molar-refractivity contribution >= 4 is 29.3 Å². The van der Waals surface area contributed by atoms with E-state index in [1.165, 1.54) is 33.7 Å².